The first-order chi connectivity index (χ1) is 9.67. The summed E-state index contributed by atoms with van der Waals surface area (Å²) in [6.07, 6.45) is 3.93. The van der Waals surface area contributed by atoms with Gasteiger partial charge in [-0.3, -0.25) is 0 Å². The van der Waals surface area contributed by atoms with E-state index < -0.39 is 0 Å². The van der Waals surface area contributed by atoms with Crippen molar-refractivity contribution in [3.05, 3.63) is 47.0 Å². The minimum Gasteiger partial charge on any atom is -0.313 e. The van der Waals surface area contributed by atoms with Crippen LogP contribution in [0.1, 0.15) is 37.1 Å². The minimum absolute atomic E-state index is 0.207. The molecule has 20 heavy (non-hydrogen) atoms. The molecule has 0 saturated carbocycles. The molecule has 0 aliphatic carbocycles. The Hall–Kier alpha value is -1.68. The summed E-state index contributed by atoms with van der Waals surface area (Å²) in [5.41, 5.74) is 4.24. The molecule has 3 nitrogen and oxygen atoms in total. The molecule has 0 radical (unpaired) electrons. The van der Waals surface area contributed by atoms with Gasteiger partial charge in [0.2, 0.25) is 0 Å². The van der Waals surface area contributed by atoms with E-state index in [0.29, 0.717) is 0 Å². The van der Waals surface area contributed by atoms with Crippen molar-refractivity contribution in [3.63, 3.8) is 0 Å². The first-order valence-corrected chi connectivity index (χ1v) is 7.20. The van der Waals surface area contributed by atoms with E-state index in [4.69, 9.17) is 0 Å². The average Bonchev–Trinajstić information content (AvgIpc) is 2.82. The van der Waals surface area contributed by atoms with Crippen molar-refractivity contribution in [2.24, 2.45) is 0 Å². The van der Waals surface area contributed by atoms with Gasteiger partial charge >= 0.3 is 0 Å². The van der Waals surface area contributed by atoms with Crippen LogP contribution in [0.2, 0.25) is 0 Å². The van der Waals surface area contributed by atoms with Crippen molar-refractivity contribution in [1.29, 1.82) is 0 Å². The quantitative estimate of drug-likeness (QED) is 0.819. The van der Waals surface area contributed by atoms with Crippen LogP contribution in [0.4, 0.5) is 4.39 Å². The van der Waals surface area contributed by atoms with E-state index in [9.17, 15) is 4.39 Å². The lowest BCUT2D eigenvalue weighted by atomic mass is 10.1. The highest BCUT2D eigenvalue weighted by Gasteiger charge is 2.12. The fraction of sp³-hybridized carbons (Fsp3) is 0.438. The number of nitrogens with one attached hydrogen (secondary N) is 1. The molecule has 2 aromatic rings. The van der Waals surface area contributed by atoms with E-state index in [-0.39, 0.29) is 5.82 Å². The summed E-state index contributed by atoms with van der Waals surface area (Å²) in [7, 11) is 0. The van der Waals surface area contributed by atoms with Gasteiger partial charge in [0, 0.05) is 17.8 Å². The van der Waals surface area contributed by atoms with Gasteiger partial charge in [-0.1, -0.05) is 13.8 Å². The number of hydrogen-bond acceptors (Lipinski definition) is 2. The number of aryl methyl sites for hydroxylation is 1. The van der Waals surface area contributed by atoms with E-state index in [1.54, 1.807) is 12.1 Å². The SMILES string of the molecule is CCCNCc1cnn(-c2ccc(F)cc2C)c1CC. The summed E-state index contributed by atoms with van der Waals surface area (Å²) in [6.45, 7) is 8.02. The maximum Gasteiger partial charge on any atom is 0.123 e. The van der Waals surface area contributed by atoms with Gasteiger partial charge in [0.05, 0.1) is 11.9 Å². The van der Waals surface area contributed by atoms with Gasteiger partial charge in [-0.05, 0) is 50.1 Å². The molecule has 0 unspecified atom stereocenters. The number of benzene rings is 1. The number of halogens is 1. The third-order valence-electron chi connectivity index (χ3n) is 3.42. The van der Waals surface area contributed by atoms with E-state index in [2.05, 4.69) is 24.3 Å². The van der Waals surface area contributed by atoms with Crippen molar-refractivity contribution in [2.75, 3.05) is 6.54 Å². The van der Waals surface area contributed by atoms with Gasteiger partial charge < -0.3 is 5.32 Å². The molecule has 0 saturated heterocycles. The number of nitrogens with zero attached hydrogens (tertiary/aromatic N) is 2. The van der Waals surface area contributed by atoms with E-state index in [1.807, 2.05) is 17.8 Å². The third-order valence-corrected chi connectivity index (χ3v) is 3.42. The molecule has 108 valence electrons. The van der Waals surface area contributed by atoms with Crippen LogP contribution in [0.25, 0.3) is 5.69 Å². The molecule has 0 amide bonds. The fourth-order valence-electron chi connectivity index (χ4n) is 2.40. The molecule has 2 rings (SSSR count). The predicted molar refractivity (Wildman–Crippen MR) is 79.6 cm³/mol. The summed E-state index contributed by atoms with van der Waals surface area (Å²) in [5, 5.41) is 7.88. The molecule has 0 atom stereocenters. The van der Waals surface area contributed by atoms with Crippen molar-refractivity contribution in [2.45, 2.75) is 40.2 Å². The molecule has 0 aliphatic rings. The molecule has 1 aromatic heterocycles. The third kappa shape index (κ3) is 3.07. The van der Waals surface area contributed by atoms with Crippen molar-refractivity contribution < 1.29 is 4.39 Å². The highest BCUT2D eigenvalue weighted by molar-refractivity contribution is 5.42. The minimum atomic E-state index is -0.207. The summed E-state index contributed by atoms with van der Waals surface area (Å²) in [6, 6.07) is 4.82. The molecule has 0 aliphatic heterocycles. The Kier molecular flexibility index (Phi) is 4.90. The van der Waals surface area contributed by atoms with Crippen molar-refractivity contribution in [3.8, 4) is 5.69 Å². The molecule has 1 N–H and O–H groups in total. The molecule has 0 spiro atoms. The molecule has 0 fully saturated rings. The standard InChI is InChI=1S/C16H22FN3/c1-4-8-18-10-13-11-19-20(15(13)5-2)16-7-6-14(17)9-12(16)3/h6-7,9,11,18H,4-5,8,10H2,1-3H3. The number of rotatable bonds is 6. The second-order valence-corrected chi connectivity index (χ2v) is 4.99. The second-order valence-electron chi connectivity index (χ2n) is 4.99. The fourth-order valence-corrected chi connectivity index (χ4v) is 2.40. The Bertz CT molecular complexity index is 575. The van der Waals surface area contributed by atoms with E-state index in [1.165, 1.54) is 17.3 Å². The Morgan fingerprint density at radius 1 is 1.30 bits per heavy atom. The average molecular weight is 275 g/mol. The van der Waals surface area contributed by atoms with Gasteiger partial charge in [-0.25, -0.2) is 9.07 Å². The van der Waals surface area contributed by atoms with E-state index >= 15 is 0 Å². The summed E-state index contributed by atoms with van der Waals surface area (Å²) in [4.78, 5) is 0. The zero-order valence-corrected chi connectivity index (χ0v) is 12.4. The van der Waals surface area contributed by atoms with E-state index in [0.717, 1.165) is 37.2 Å². The molecular formula is C16H22FN3. The van der Waals surface area contributed by atoms with Gasteiger partial charge in [0.15, 0.2) is 0 Å². The van der Waals surface area contributed by atoms with Gasteiger partial charge in [0.25, 0.3) is 0 Å². The summed E-state index contributed by atoms with van der Waals surface area (Å²) in [5.74, 6) is -0.207. The van der Waals surface area contributed by atoms with Crippen LogP contribution in [0, 0.1) is 12.7 Å². The van der Waals surface area contributed by atoms with Crippen molar-refractivity contribution >= 4 is 0 Å². The Balaban J connectivity index is 2.32. The van der Waals surface area contributed by atoms with Crippen LogP contribution < -0.4 is 5.32 Å². The second kappa shape index (κ2) is 6.66. The molecule has 4 heteroatoms. The first kappa shape index (κ1) is 14.7. The molecular weight excluding hydrogens is 253 g/mol. The lowest BCUT2D eigenvalue weighted by molar-refractivity contribution is 0.625. The van der Waals surface area contributed by atoms with Crippen molar-refractivity contribution in [1.82, 2.24) is 15.1 Å². The van der Waals surface area contributed by atoms with Gasteiger partial charge in [-0.15, -0.1) is 0 Å². The normalized spacial score (nSPS) is 11.0. The van der Waals surface area contributed by atoms with Gasteiger partial charge in [0.1, 0.15) is 5.82 Å². The number of aromatic nitrogens is 2. The summed E-state index contributed by atoms with van der Waals surface area (Å²) < 4.78 is 15.1. The highest BCUT2D eigenvalue weighted by Crippen LogP contribution is 2.19. The van der Waals surface area contributed by atoms with Crippen LogP contribution in [-0.4, -0.2) is 16.3 Å². The topological polar surface area (TPSA) is 29.9 Å². The van der Waals surface area contributed by atoms with Gasteiger partial charge in [-0.2, -0.15) is 5.10 Å². The van der Waals surface area contributed by atoms with Crippen LogP contribution >= 0.6 is 0 Å². The summed E-state index contributed by atoms with van der Waals surface area (Å²) >= 11 is 0. The highest BCUT2D eigenvalue weighted by atomic mass is 19.1. The Labute approximate surface area is 119 Å². The van der Waals surface area contributed by atoms with Crippen LogP contribution in [0.3, 0.4) is 0 Å². The lowest BCUT2D eigenvalue weighted by Crippen LogP contribution is -2.15. The largest absolute Gasteiger partial charge is 0.313 e. The Morgan fingerprint density at radius 2 is 2.10 bits per heavy atom. The smallest absolute Gasteiger partial charge is 0.123 e. The predicted octanol–water partition coefficient (Wildman–Crippen LogP) is 3.38. The maximum absolute atomic E-state index is 13.2. The van der Waals surface area contributed by atoms with Crippen LogP contribution in [-0.2, 0) is 13.0 Å². The van der Waals surface area contributed by atoms with Crippen LogP contribution in [0.15, 0.2) is 24.4 Å². The monoisotopic (exact) mass is 275 g/mol. The zero-order valence-electron chi connectivity index (χ0n) is 12.4. The molecule has 1 heterocycles. The zero-order chi connectivity index (χ0) is 14.5. The number of hydrogen-bond donors (Lipinski definition) is 1. The lowest BCUT2D eigenvalue weighted by Gasteiger charge is -2.11. The first-order valence-electron chi connectivity index (χ1n) is 7.20. The van der Waals surface area contributed by atoms with Crippen LogP contribution in [0.5, 0.6) is 0 Å². The molecule has 1 aromatic carbocycles. The maximum atomic E-state index is 13.2. The molecule has 0 bridgehead atoms. The Morgan fingerprint density at radius 3 is 2.75 bits per heavy atom.